The number of sulfonamides is 2. The maximum absolute atomic E-state index is 12.6. The number of thiol groups is 3. The highest BCUT2D eigenvalue weighted by Crippen LogP contribution is 2.27. The highest BCUT2D eigenvalue weighted by molar-refractivity contribution is 7.98. The van der Waals surface area contributed by atoms with Crippen LogP contribution in [0.4, 0.5) is 0 Å². The van der Waals surface area contributed by atoms with Crippen molar-refractivity contribution in [1.29, 1.82) is 0 Å². The molecular weight excluding hydrogens is 867 g/mol. The van der Waals surface area contributed by atoms with Gasteiger partial charge in [0, 0.05) is 59.9 Å². The van der Waals surface area contributed by atoms with Gasteiger partial charge in [0.1, 0.15) is 37.1 Å². The van der Waals surface area contributed by atoms with Crippen molar-refractivity contribution in [2.45, 2.75) is 64.0 Å². The van der Waals surface area contributed by atoms with Crippen molar-refractivity contribution < 1.29 is 35.3 Å². The Bertz CT molecular complexity index is 2240. The molecule has 0 bridgehead atoms. The van der Waals surface area contributed by atoms with Crippen molar-refractivity contribution in [2.75, 3.05) is 59.1 Å². The van der Waals surface area contributed by atoms with Crippen LogP contribution < -0.4 is 14.2 Å². The summed E-state index contributed by atoms with van der Waals surface area (Å²) in [7, 11) is -9.20. The van der Waals surface area contributed by atoms with E-state index in [0.717, 1.165) is 36.6 Å². The van der Waals surface area contributed by atoms with E-state index in [1.165, 1.54) is 8.61 Å². The van der Waals surface area contributed by atoms with Crippen LogP contribution in [0.3, 0.4) is 0 Å². The molecule has 3 fully saturated rings. The van der Waals surface area contributed by atoms with Crippen LogP contribution in [-0.2, 0) is 29.8 Å². The van der Waals surface area contributed by atoms with Crippen LogP contribution in [0.25, 0.3) is 0 Å². The molecular formula is C42H51N3O8S6. The van der Waals surface area contributed by atoms with Gasteiger partial charge in [-0.15, -0.1) is 17.8 Å². The summed E-state index contributed by atoms with van der Waals surface area (Å²) in [6.07, 6.45) is 1.58. The van der Waals surface area contributed by atoms with E-state index < -0.39 is 29.8 Å². The number of rotatable bonds is 12. The zero-order valence-corrected chi connectivity index (χ0v) is 38.5. The molecule has 3 heterocycles. The van der Waals surface area contributed by atoms with Crippen LogP contribution >= 0.6 is 37.9 Å². The fourth-order valence-electron chi connectivity index (χ4n) is 5.70. The highest BCUT2D eigenvalue weighted by atomic mass is 32.2. The molecule has 0 radical (unpaired) electrons. The van der Waals surface area contributed by atoms with E-state index in [0.29, 0.717) is 62.7 Å². The summed E-state index contributed by atoms with van der Waals surface area (Å²) in [6, 6.07) is 20.1. The van der Waals surface area contributed by atoms with E-state index in [4.69, 9.17) is 14.2 Å². The molecule has 11 nitrogen and oxygen atoms in total. The molecule has 3 aliphatic rings. The normalized spacial score (nSPS) is 19.2. The Labute approximate surface area is 368 Å². The molecule has 1 unspecified atom stereocenters. The van der Waals surface area contributed by atoms with Crippen molar-refractivity contribution >= 4 is 73.5 Å². The second kappa shape index (κ2) is 23.0. The van der Waals surface area contributed by atoms with Crippen molar-refractivity contribution in [2.24, 2.45) is 0 Å². The Morgan fingerprint density at radius 2 is 0.831 bits per heavy atom. The lowest BCUT2D eigenvalue weighted by Gasteiger charge is -2.38. The second-order valence-corrected chi connectivity index (χ2v) is 21.6. The number of ether oxygens (including phenoxy) is 3. The lowest BCUT2D eigenvalue weighted by atomic mass is 10.3. The quantitative estimate of drug-likeness (QED) is 0.128. The summed E-state index contributed by atoms with van der Waals surface area (Å²) >= 11 is 13.0. The lowest BCUT2D eigenvalue weighted by Crippen LogP contribution is -2.50. The second-order valence-electron chi connectivity index (χ2n) is 13.3. The van der Waals surface area contributed by atoms with Gasteiger partial charge >= 0.3 is 0 Å². The summed E-state index contributed by atoms with van der Waals surface area (Å²) < 4.78 is 83.1. The third-order valence-electron chi connectivity index (χ3n) is 9.08. The molecule has 3 aromatic rings. The van der Waals surface area contributed by atoms with E-state index in [1.807, 2.05) is 4.31 Å². The number of hydrogen-bond acceptors (Lipinski definition) is 11. The van der Waals surface area contributed by atoms with E-state index >= 15 is 0 Å². The van der Waals surface area contributed by atoms with Gasteiger partial charge in [0.25, 0.3) is 0 Å². The van der Waals surface area contributed by atoms with Gasteiger partial charge in [-0.25, -0.2) is 25.3 Å². The largest absolute Gasteiger partial charge is 0.481 e. The maximum Gasteiger partial charge on any atom is 0.243 e. The minimum Gasteiger partial charge on any atom is -0.481 e. The average Bonchev–Trinajstić information content (AvgIpc) is 3.87. The third-order valence-corrected chi connectivity index (χ3v) is 16.1. The molecule has 3 atom stereocenters. The minimum atomic E-state index is -3.41. The van der Waals surface area contributed by atoms with Gasteiger partial charge in [-0.05, 0) is 112 Å². The van der Waals surface area contributed by atoms with Gasteiger partial charge < -0.3 is 14.2 Å². The predicted octanol–water partition coefficient (Wildman–Crippen LogP) is 5.26. The topological polar surface area (TPSA) is 123 Å². The van der Waals surface area contributed by atoms with Crippen LogP contribution in [0, 0.1) is 35.5 Å². The molecule has 3 aromatic carbocycles. The summed E-state index contributed by atoms with van der Waals surface area (Å²) in [4.78, 5) is 1.30. The monoisotopic (exact) mass is 917 g/mol. The molecule has 0 saturated carbocycles. The van der Waals surface area contributed by atoms with Crippen molar-refractivity contribution in [3.8, 4) is 52.8 Å². The van der Waals surface area contributed by atoms with Gasteiger partial charge in [-0.2, -0.15) is 46.5 Å². The number of benzene rings is 3. The van der Waals surface area contributed by atoms with Crippen LogP contribution in [0.2, 0.25) is 0 Å². The molecule has 3 aliphatic heterocycles. The Balaban J connectivity index is 0.000000196. The molecule has 0 spiro atoms. The minimum absolute atomic E-state index is 0.125. The van der Waals surface area contributed by atoms with E-state index in [9.17, 15) is 21.0 Å². The van der Waals surface area contributed by atoms with E-state index in [2.05, 4.69) is 79.3 Å². The van der Waals surface area contributed by atoms with Crippen molar-refractivity contribution in [1.82, 2.24) is 12.9 Å². The van der Waals surface area contributed by atoms with Crippen molar-refractivity contribution in [3.63, 3.8) is 0 Å². The van der Waals surface area contributed by atoms with Gasteiger partial charge in [-0.1, -0.05) is 17.8 Å². The lowest BCUT2D eigenvalue weighted by molar-refractivity contribution is 0.340. The Morgan fingerprint density at radius 3 is 1.10 bits per heavy atom. The fourth-order valence-corrected chi connectivity index (χ4v) is 11.9. The maximum atomic E-state index is 12.6. The zero-order chi connectivity index (χ0) is 43.1. The van der Waals surface area contributed by atoms with Crippen LogP contribution in [0.1, 0.15) is 33.6 Å². The fraction of sp³-hybridized carbons (Fsp3) is 0.405. The third kappa shape index (κ3) is 14.1. The van der Waals surface area contributed by atoms with Crippen LogP contribution in [0.15, 0.2) is 87.5 Å². The van der Waals surface area contributed by atoms with Crippen molar-refractivity contribution in [3.05, 3.63) is 72.8 Å². The predicted molar refractivity (Wildman–Crippen MR) is 246 cm³/mol. The molecule has 6 rings (SSSR count). The Morgan fingerprint density at radius 1 is 0.525 bits per heavy atom. The first kappa shape index (κ1) is 48.3. The number of hydrogen-bond donors (Lipinski definition) is 3. The standard InChI is InChI=1S/2C14H17NO3S2.C14H17NO2S2/c2*1-2-3-10-18-12-4-6-14(7-5-12)20(16,17)15-9-8-13(19)11-15;1-3-4-9-17-12-5-7-14(8-6-12)19(2,16)15-10-13(18)11-15/h2*4-7,13,19H,8-11H2,1H3;5-8,13,18H,2,9-11H2,1H3/t2*13-;/m10./s1. The summed E-state index contributed by atoms with van der Waals surface area (Å²) in [6.45, 7) is 9.65. The average molecular weight is 918 g/mol. The van der Waals surface area contributed by atoms with Crippen LogP contribution in [0.5, 0.6) is 17.2 Å². The number of nitrogens with zero attached hydrogens (tertiary/aromatic N) is 3. The summed E-state index contributed by atoms with van der Waals surface area (Å²) in [5.74, 6) is 22.4. The SMILES string of the molecule is C=S(=O)(c1ccc(OCC#CC)cc1)N1CC(S)C1.CC#CCOc1ccc(S(=O)(=O)N2CC[C@@H](S)C2)cc1.CC#CCOc1ccc(S(=O)(=O)N2CC[C@H](S)C2)cc1. The van der Waals surface area contributed by atoms with Gasteiger partial charge in [0.05, 0.1) is 19.5 Å². The van der Waals surface area contributed by atoms with E-state index in [-0.39, 0.29) is 20.3 Å². The van der Waals surface area contributed by atoms with Gasteiger partial charge in [0.15, 0.2) is 0 Å². The molecule has 0 aromatic heterocycles. The summed E-state index contributed by atoms with van der Waals surface area (Å²) in [5, 5.41) is 0.554. The van der Waals surface area contributed by atoms with Gasteiger partial charge in [0.2, 0.25) is 20.0 Å². The Hall–Kier alpha value is -3.41. The Kier molecular flexibility index (Phi) is 18.8. The molecule has 17 heteroatoms. The molecule has 0 amide bonds. The first-order valence-electron chi connectivity index (χ1n) is 18.7. The first-order chi connectivity index (χ1) is 28.1. The van der Waals surface area contributed by atoms with Gasteiger partial charge in [-0.3, -0.25) is 0 Å². The molecule has 0 aliphatic carbocycles. The zero-order valence-electron chi connectivity index (χ0n) is 33.3. The van der Waals surface area contributed by atoms with E-state index in [1.54, 1.807) is 93.6 Å². The first-order valence-corrected chi connectivity index (χ1v) is 24.8. The molecule has 59 heavy (non-hydrogen) atoms. The summed E-state index contributed by atoms with van der Waals surface area (Å²) in [5.41, 5.74) is 0. The molecule has 3 saturated heterocycles. The molecule has 0 N–H and O–H groups in total. The molecule has 318 valence electrons. The smallest absolute Gasteiger partial charge is 0.243 e. The van der Waals surface area contributed by atoms with Crippen LogP contribution in [-0.4, -0.2) is 115 Å². The highest BCUT2D eigenvalue weighted by Gasteiger charge is 2.33.